The quantitative estimate of drug-likeness (QED) is 0.526. The number of aryl methyl sites for hydroxylation is 1. The first-order valence-electron chi connectivity index (χ1n) is 5.28. The number of nitrogens with one attached hydrogen (secondary N) is 2. The lowest BCUT2D eigenvalue weighted by molar-refractivity contribution is 1.37. The molecule has 84 valence electrons. The van der Waals surface area contributed by atoms with Crippen molar-refractivity contribution < 1.29 is 0 Å². The maximum atomic E-state index is 7.85. The zero-order chi connectivity index (χ0) is 12.0. The first-order valence-corrected chi connectivity index (χ1v) is 5.28. The van der Waals surface area contributed by atoms with Crippen molar-refractivity contribution in [3.05, 3.63) is 47.5 Å². The number of aromatic nitrogens is 2. The summed E-state index contributed by atoms with van der Waals surface area (Å²) < 4.78 is 0. The van der Waals surface area contributed by atoms with Gasteiger partial charge in [-0.05, 0) is 23.6 Å². The number of hydrogen-bond donors (Lipinski definition) is 0. The molecule has 0 saturated heterocycles. The fourth-order valence-corrected chi connectivity index (χ4v) is 1.99. The average Bonchev–Trinajstić information content (AvgIpc) is 2.28. The SMILES string of the molecule is Cc1ccc2c(c1)nc([NH-])c1ncc([NH-])cc12. The second-order valence-electron chi connectivity index (χ2n) is 4.10. The molecule has 1 aromatic carbocycles. The van der Waals surface area contributed by atoms with Crippen molar-refractivity contribution >= 4 is 33.3 Å². The predicted molar refractivity (Wildman–Crippen MR) is 69.7 cm³/mol. The number of nitrogens with zero attached hydrogens (tertiary/aromatic N) is 2. The van der Waals surface area contributed by atoms with Crippen molar-refractivity contribution in [1.82, 2.24) is 9.97 Å². The summed E-state index contributed by atoms with van der Waals surface area (Å²) in [6, 6.07) is 7.66. The van der Waals surface area contributed by atoms with Crippen molar-refractivity contribution in [3.8, 4) is 0 Å². The van der Waals surface area contributed by atoms with Crippen LogP contribution in [0.15, 0.2) is 30.5 Å². The Balaban J connectivity index is 2.57. The summed E-state index contributed by atoms with van der Waals surface area (Å²) in [7, 11) is 0. The molecule has 0 bridgehead atoms. The van der Waals surface area contributed by atoms with Gasteiger partial charge in [-0.15, -0.1) is 5.69 Å². The molecule has 2 N–H and O–H groups in total. The van der Waals surface area contributed by atoms with E-state index < -0.39 is 0 Å². The van der Waals surface area contributed by atoms with Crippen LogP contribution in [0.4, 0.5) is 11.5 Å². The van der Waals surface area contributed by atoms with E-state index in [2.05, 4.69) is 9.97 Å². The summed E-state index contributed by atoms with van der Waals surface area (Å²) in [5, 5.41) is 1.77. The molecule has 3 aromatic rings. The van der Waals surface area contributed by atoms with Gasteiger partial charge < -0.3 is 16.5 Å². The van der Waals surface area contributed by atoms with E-state index in [1.165, 1.54) is 6.20 Å². The van der Waals surface area contributed by atoms with Crippen molar-refractivity contribution in [3.63, 3.8) is 0 Å². The van der Waals surface area contributed by atoms with Gasteiger partial charge in [-0.2, -0.15) is 0 Å². The monoisotopic (exact) mass is 222 g/mol. The minimum atomic E-state index is 0.165. The standard InChI is InChI=1S/C13H10N4/c1-7-2-3-9-10-5-8(14)6-16-12(10)13(15)17-11(9)4-7/h2-6,14H,1H3,(H-,15,17)/q-2. The minimum absolute atomic E-state index is 0.165. The first kappa shape index (κ1) is 9.84. The Bertz CT molecular complexity index is 734. The molecule has 2 aromatic heterocycles. The Morgan fingerprint density at radius 2 is 1.88 bits per heavy atom. The molecule has 0 spiro atoms. The summed E-state index contributed by atoms with van der Waals surface area (Å²) >= 11 is 0. The molecule has 3 rings (SSSR count). The van der Waals surface area contributed by atoms with Gasteiger partial charge in [-0.1, -0.05) is 29.8 Å². The summed E-state index contributed by atoms with van der Waals surface area (Å²) in [6.07, 6.45) is 1.45. The highest BCUT2D eigenvalue weighted by Crippen LogP contribution is 2.31. The lowest BCUT2D eigenvalue weighted by Gasteiger charge is -2.15. The van der Waals surface area contributed by atoms with Gasteiger partial charge in [0.1, 0.15) is 0 Å². The van der Waals surface area contributed by atoms with Crippen LogP contribution < -0.4 is 0 Å². The van der Waals surface area contributed by atoms with Gasteiger partial charge >= 0.3 is 0 Å². The van der Waals surface area contributed by atoms with Crippen LogP contribution in [0.1, 0.15) is 5.56 Å². The summed E-state index contributed by atoms with van der Waals surface area (Å²) in [6.45, 7) is 1.99. The van der Waals surface area contributed by atoms with Gasteiger partial charge in [-0.3, -0.25) is 4.98 Å². The third-order valence-corrected chi connectivity index (χ3v) is 2.79. The molecule has 0 aliphatic rings. The number of hydrogen-bond acceptors (Lipinski definition) is 2. The lowest BCUT2D eigenvalue weighted by Crippen LogP contribution is -1.86. The van der Waals surface area contributed by atoms with E-state index in [0.29, 0.717) is 11.2 Å². The Morgan fingerprint density at radius 3 is 2.71 bits per heavy atom. The number of rotatable bonds is 0. The normalized spacial score (nSPS) is 11.1. The van der Waals surface area contributed by atoms with Crippen LogP contribution in [0, 0.1) is 6.92 Å². The van der Waals surface area contributed by atoms with Gasteiger partial charge in [0.25, 0.3) is 0 Å². The van der Waals surface area contributed by atoms with Gasteiger partial charge in [-0.25, -0.2) is 0 Å². The van der Waals surface area contributed by atoms with Crippen LogP contribution in [0.5, 0.6) is 0 Å². The fraction of sp³-hybridized carbons (Fsp3) is 0.0769. The zero-order valence-corrected chi connectivity index (χ0v) is 9.28. The summed E-state index contributed by atoms with van der Waals surface area (Å²) in [5.74, 6) is 0.165. The molecule has 0 aliphatic carbocycles. The smallest absolute Gasteiger partial charge is 0.0693 e. The topological polar surface area (TPSA) is 73.4 Å². The van der Waals surface area contributed by atoms with Crippen LogP contribution in [-0.2, 0) is 0 Å². The van der Waals surface area contributed by atoms with Crippen molar-refractivity contribution in [2.24, 2.45) is 0 Å². The average molecular weight is 222 g/mol. The molecule has 0 unspecified atom stereocenters. The second-order valence-corrected chi connectivity index (χ2v) is 4.10. The van der Waals surface area contributed by atoms with Crippen LogP contribution in [0.25, 0.3) is 33.3 Å². The fourth-order valence-electron chi connectivity index (χ4n) is 1.99. The molecule has 0 aliphatic heterocycles. The molecule has 2 heterocycles. The van der Waals surface area contributed by atoms with Crippen LogP contribution in [0.3, 0.4) is 0 Å². The van der Waals surface area contributed by atoms with Crippen molar-refractivity contribution in [1.29, 1.82) is 0 Å². The van der Waals surface area contributed by atoms with Crippen LogP contribution >= 0.6 is 0 Å². The highest BCUT2D eigenvalue weighted by molar-refractivity contribution is 6.09. The predicted octanol–water partition coefficient (Wildman–Crippen LogP) is 4.46. The largest absolute Gasteiger partial charge is 0.697 e. The molecule has 0 fully saturated rings. The minimum Gasteiger partial charge on any atom is -0.697 e. The van der Waals surface area contributed by atoms with E-state index in [4.69, 9.17) is 11.5 Å². The molecule has 17 heavy (non-hydrogen) atoms. The highest BCUT2D eigenvalue weighted by Gasteiger charge is 2.01. The van der Waals surface area contributed by atoms with Gasteiger partial charge in [0.05, 0.1) is 5.52 Å². The van der Waals surface area contributed by atoms with Gasteiger partial charge in [0.15, 0.2) is 0 Å². The zero-order valence-electron chi connectivity index (χ0n) is 9.28. The third kappa shape index (κ3) is 1.45. The Morgan fingerprint density at radius 1 is 1.06 bits per heavy atom. The first-order chi connectivity index (χ1) is 8.15. The van der Waals surface area contributed by atoms with Crippen molar-refractivity contribution in [2.75, 3.05) is 0 Å². The van der Waals surface area contributed by atoms with E-state index in [1.807, 2.05) is 25.1 Å². The molecule has 0 amide bonds. The Kier molecular flexibility index (Phi) is 1.92. The lowest BCUT2D eigenvalue weighted by atomic mass is 10.1. The second kappa shape index (κ2) is 3.31. The molecule has 0 radical (unpaired) electrons. The maximum Gasteiger partial charge on any atom is 0.0693 e. The van der Waals surface area contributed by atoms with E-state index in [9.17, 15) is 0 Å². The van der Waals surface area contributed by atoms with Gasteiger partial charge in [0.2, 0.25) is 0 Å². The molecular formula is C13H10N4-2. The van der Waals surface area contributed by atoms with E-state index >= 15 is 0 Å². The maximum absolute atomic E-state index is 7.85. The highest BCUT2D eigenvalue weighted by atomic mass is 14.9. The molecule has 4 nitrogen and oxygen atoms in total. The van der Waals surface area contributed by atoms with Crippen LogP contribution in [0.2, 0.25) is 0 Å². The number of pyridine rings is 2. The molecular weight excluding hydrogens is 212 g/mol. The number of fused-ring (bicyclic) bond motifs is 3. The molecule has 4 heteroatoms. The molecule has 0 saturated carbocycles. The third-order valence-electron chi connectivity index (χ3n) is 2.79. The Hall–Kier alpha value is -2.36. The summed E-state index contributed by atoms with van der Waals surface area (Å²) in [4.78, 5) is 8.35. The van der Waals surface area contributed by atoms with E-state index in [1.54, 1.807) is 6.07 Å². The van der Waals surface area contributed by atoms with Crippen molar-refractivity contribution in [2.45, 2.75) is 6.92 Å². The van der Waals surface area contributed by atoms with E-state index in [0.717, 1.165) is 21.9 Å². The van der Waals surface area contributed by atoms with Crippen LogP contribution in [-0.4, -0.2) is 9.97 Å². The van der Waals surface area contributed by atoms with E-state index in [-0.39, 0.29) is 5.82 Å². The molecule has 0 atom stereocenters. The van der Waals surface area contributed by atoms with Gasteiger partial charge in [0, 0.05) is 11.6 Å². The number of benzene rings is 1. The summed E-state index contributed by atoms with van der Waals surface area (Å²) in [5.41, 5.74) is 18.3. The Labute approximate surface area is 98.3 Å².